The first kappa shape index (κ1) is 33.9. The van der Waals surface area contributed by atoms with E-state index < -0.39 is 12.2 Å². The Morgan fingerprint density at radius 1 is 1.17 bits per heavy atom. The number of nitrogens with one attached hydrogen (secondary N) is 3. The molecular weight excluding hydrogens is 625 g/mol. The number of hydrogen-bond acceptors (Lipinski definition) is 10. The van der Waals surface area contributed by atoms with Gasteiger partial charge in [0, 0.05) is 61.3 Å². The monoisotopic (exact) mass is 665 g/mol. The van der Waals surface area contributed by atoms with E-state index in [1.54, 1.807) is 30.2 Å². The van der Waals surface area contributed by atoms with Gasteiger partial charge in [-0.1, -0.05) is 28.8 Å². The number of nitrogens with two attached hydrogens (primary N) is 3. The van der Waals surface area contributed by atoms with E-state index >= 15 is 4.39 Å². The molecule has 2 aromatic heterocycles. The number of guanidine groups is 1. The van der Waals surface area contributed by atoms with Crippen LogP contribution in [0.3, 0.4) is 0 Å². The van der Waals surface area contributed by atoms with Gasteiger partial charge in [0.1, 0.15) is 5.49 Å². The topological polar surface area (TPSA) is 205 Å². The highest BCUT2D eigenvalue weighted by Gasteiger charge is 2.20. The van der Waals surface area contributed by atoms with Crippen LogP contribution in [-0.2, 0) is 13.0 Å². The minimum Gasteiger partial charge on any atom is -0.408 e. The normalized spacial score (nSPS) is 15.4. The lowest BCUT2D eigenvalue weighted by atomic mass is 10.0. The van der Waals surface area contributed by atoms with Gasteiger partial charge in [-0.25, -0.2) is 9.38 Å². The molecule has 1 aliphatic heterocycles. The molecule has 13 nitrogen and oxygen atoms in total. The van der Waals surface area contributed by atoms with Crippen molar-refractivity contribution in [3.05, 3.63) is 81.0 Å². The quantitative estimate of drug-likeness (QED) is 0.0728. The van der Waals surface area contributed by atoms with Gasteiger partial charge < -0.3 is 47.2 Å². The zero-order valence-corrected chi connectivity index (χ0v) is 27.1. The summed E-state index contributed by atoms with van der Waals surface area (Å²) in [7, 11) is 0. The number of hydrogen-bond donors (Lipinski definition) is 7. The molecule has 1 aliphatic rings. The van der Waals surface area contributed by atoms with Crippen LogP contribution in [0.4, 0.5) is 16.1 Å². The molecule has 1 unspecified atom stereocenters. The molecule has 0 amide bonds. The van der Waals surface area contributed by atoms with Crippen molar-refractivity contribution in [2.45, 2.75) is 64.5 Å². The van der Waals surface area contributed by atoms with E-state index in [1.165, 1.54) is 0 Å². The minimum atomic E-state index is -1.17. The SMILES string of the molecule is Cc1nnc(NC[C@@H](CCN=C(N)N)NCc2ccc(N3C=c4cc(-c5cc(CCC[C@H](C)N)cc(Cl)c5F)[nH]c4=NC3O)cc2)o1. The number of rotatable bonds is 15. The van der Waals surface area contributed by atoms with Crippen molar-refractivity contribution in [3.8, 4) is 11.3 Å². The standard InChI is InChI=1S/C32H41ClFN11O2/c1-18(35)4-3-5-21-12-25(28(34)26(33)13-21)27-14-22-17-45(32(46)42-29(22)41-27)24-8-6-20(7-9-24)15-39-23(10-11-38-30(36)37)16-40-31-44-43-19(2)47-31/h6-9,12-14,17-18,23,32,39,46H,3-5,10-11,15-16,35H2,1-2H3,(H,40,44)(H,41,42)(H4,36,37,38)/t18-,23+,32?/m0/s1. The van der Waals surface area contributed by atoms with Gasteiger partial charge in [0.15, 0.2) is 11.8 Å². The third-order valence-corrected chi connectivity index (χ3v) is 8.00. The van der Waals surface area contributed by atoms with Crippen molar-refractivity contribution >= 4 is 35.5 Å². The van der Waals surface area contributed by atoms with Gasteiger partial charge in [0.05, 0.1) is 10.7 Å². The first-order valence-corrected chi connectivity index (χ1v) is 15.8. The van der Waals surface area contributed by atoms with Crippen LogP contribution < -0.4 is 43.4 Å². The molecule has 15 heteroatoms. The number of halogens is 2. The van der Waals surface area contributed by atoms with Gasteiger partial charge in [0.2, 0.25) is 12.2 Å². The molecule has 0 aliphatic carbocycles. The van der Waals surface area contributed by atoms with Crippen LogP contribution in [0.15, 0.2) is 56.9 Å². The number of H-pyrrole nitrogens is 1. The van der Waals surface area contributed by atoms with E-state index in [0.29, 0.717) is 59.9 Å². The Hall–Kier alpha value is -4.50. The Morgan fingerprint density at radius 2 is 1.96 bits per heavy atom. The zero-order chi connectivity index (χ0) is 33.5. The number of aromatic amines is 1. The molecule has 250 valence electrons. The number of aliphatic hydroxyl groups is 1. The van der Waals surface area contributed by atoms with Crippen LogP contribution in [-0.4, -0.2) is 57.8 Å². The fraction of sp³-hybridized carbons (Fsp3) is 0.375. The molecule has 3 heterocycles. The Balaban J connectivity index is 1.27. The lowest BCUT2D eigenvalue weighted by molar-refractivity contribution is 0.186. The summed E-state index contributed by atoms with van der Waals surface area (Å²) < 4.78 is 20.6. The molecule has 47 heavy (non-hydrogen) atoms. The van der Waals surface area contributed by atoms with Gasteiger partial charge >= 0.3 is 6.01 Å². The molecular formula is C32H41ClFN11O2. The molecule has 5 rings (SSSR count). The van der Waals surface area contributed by atoms with Crippen LogP contribution in [0.25, 0.3) is 17.5 Å². The largest absolute Gasteiger partial charge is 0.408 e. The summed E-state index contributed by atoms with van der Waals surface area (Å²) in [4.78, 5) is 13.3. The van der Waals surface area contributed by atoms with E-state index in [0.717, 1.165) is 36.1 Å². The van der Waals surface area contributed by atoms with E-state index in [4.69, 9.17) is 33.2 Å². The highest BCUT2D eigenvalue weighted by Crippen LogP contribution is 2.29. The van der Waals surface area contributed by atoms with Gasteiger partial charge in [-0.15, -0.1) is 5.10 Å². The minimum absolute atomic E-state index is 0.00251. The number of aliphatic imine (C=N–C) groups is 1. The van der Waals surface area contributed by atoms with Crippen molar-refractivity contribution in [1.82, 2.24) is 20.5 Å². The molecule has 4 aromatic rings. The lowest BCUT2D eigenvalue weighted by Crippen LogP contribution is -2.41. The summed E-state index contributed by atoms with van der Waals surface area (Å²) in [5.41, 5.74) is 20.9. The summed E-state index contributed by atoms with van der Waals surface area (Å²) in [5.74, 6) is 0.00488. The maximum absolute atomic E-state index is 15.2. The maximum atomic E-state index is 15.2. The van der Waals surface area contributed by atoms with Crippen LogP contribution >= 0.6 is 11.6 Å². The highest BCUT2D eigenvalue weighted by molar-refractivity contribution is 6.31. The molecule has 0 bridgehead atoms. The van der Waals surface area contributed by atoms with Crippen molar-refractivity contribution in [3.63, 3.8) is 0 Å². The number of benzene rings is 2. The Labute approximate surface area is 276 Å². The first-order valence-electron chi connectivity index (χ1n) is 15.5. The Morgan fingerprint density at radius 3 is 2.66 bits per heavy atom. The highest BCUT2D eigenvalue weighted by atomic mass is 35.5. The van der Waals surface area contributed by atoms with Gasteiger partial charge in [0.25, 0.3) is 0 Å². The van der Waals surface area contributed by atoms with Gasteiger partial charge in [-0.3, -0.25) is 4.99 Å². The summed E-state index contributed by atoms with van der Waals surface area (Å²) in [6, 6.07) is 13.5. The molecule has 10 N–H and O–H groups in total. The second kappa shape index (κ2) is 15.4. The van der Waals surface area contributed by atoms with Crippen LogP contribution in [0, 0.1) is 12.7 Å². The van der Waals surface area contributed by atoms with Gasteiger partial charge in [-0.2, -0.15) is 0 Å². The summed E-state index contributed by atoms with van der Waals surface area (Å²) >= 11 is 6.27. The second-order valence-corrected chi connectivity index (χ2v) is 12.1. The van der Waals surface area contributed by atoms with Gasteiger partial charge in [-0.05, 0) is 74.1 Å². The molecule has 0 radical (unpaired) electrons. The van der Waals surface area contributed by atoms with Crippen LogP contribution in [0.2, 0.25) is 5.02 Å². The third kappa shape index (κ3) is 9.07. The molecule has 0 saturated heterocycles. The lowest BCUT2D eigenvalue weighted by Gasteiger charge is -2.25. The van der Waals surface area contributed by atoms with E-state index in [9.17, 15) is 5.11 Å². The van der Waals surface area contributed by atoms with E-state index in [1.807, 2.05) is 37.3 Å². The number of fused-ring (bicyclic) bond motifs is 1. The van der Waals surface area contributed by atoms with Crippen LogP contribution in [0.1, 0.15) is 43.2 Å². The second-order valence-electron chi connectivity index (χ2n) is 11.7. The summed E-state index contributed by atoms with van der Waals surface area (Å²) in [6.45, 7) is 5.23. The summed E-state index contributed by atoms with van der Waals surface area (Å²) in [6.07, 6.45) is 3.76. The number of nitrogens with zero attached hydrogens (tertiary/aromatic N) is 5. The number of aryl methyl sites for hydroxylation is 2. The summed E-state index contributed by atoms with van der Waals surface area (Å²) in [5, 5.41) is 26.1. The van der Waals surface area contributed by atoms with Crippen molar-refractivity contribution in [2.75, 3.05) is 23.3 Å². The van der Waals surface area contributed by atoms with Crippen molar-refractivity contribution in [2.24, 2.45) is 27.2 Å². The first-order chi connectivity index (χ1) is 22.5. The van der Waals surface area contributed by atoms with E-state index in [-0.39, 0.29) is 23.1 Å². The molecule has 2 aromatic carbocycles. The van der Waals surface area contributed by atoms with Crippen molar-refractivity contribution < 1.29 is 13.9 Å². The third-order valence-electron chi connectivity index (χ3n) is 7.73. The maximum Gasteiger partial charge on any atom is 0.315 e. The van der Waals surface area contributed by atoms with E-state index in [2.05, 4.69) is 35.8 Å². The average Bonchev–Trinajstić information content (AvgIpc) is 3.64. The Bertz CT molecular complexity index is 1800. The predicted molar refractivity (Wildman–Crippen MR) is 181 cm³/mol. The number of aliphatic hydroxyl groups excluding tert-OH is 1. The Kier molecular flexibility index (Phi) is 11.1. The molecule has 0 spiro atoms. The fourth-order valence-corrected chi connectivity index (χ4v) is 5.52. The fourth-order valence-electron chi connectivity index (χ4n) is 5.28. The van der Waals surface area contributed by atoms with Crippen LogP contribution in [0.5, 0.6) is 0 Å². The predicted octanol–water partition coefficient (Wildman–Crippen LogP) is 2.22. The molecule has 0 fully saturated rings. The van der Waals surface area contributed by atoms with Crippen molar-refractivity contribution in [1.29, 1.82) is 0 Å². The number of aromatic nitrogens is 3. The molecule has 3 atom stereocenters. The average molecular weight is 666 g/mol. The number of anilines is 2. The zero-order valence-electron chi connectivity index (χ0n) is 26.4. The molecule has 0 saturated carbocycles. The smallest absolute Gasteiger partial charge is 0.315 e.